The maximum absolute atomic E-state index is 4.72. The van der Waals surface area contributed by atoms with Crippen molar-refractivity contribution in [1.82, 2.24) is 9.88 Å². The quantitative estimate of drug-likeness (QED) is 0.705. The zero-order valence-electron chi connectivity index (χ0n) is 15.0. The monoisotopic (exact) mass is 342 g/mol. The van der Waals surface area contributed by atoms with Gasteiger partial charge in [0, 0.05) is 36.0 Å². The zero-order valence-corrected chi connectivity index (χ0v) is 15.0. The van der Waals surface area contributed by atoms with Gasteiger partial charge in [0.25, 0.3) is 0 Å². The lowest BCUT2D eigenvalue weighted by Gasteiger charge is -2.18. The number of hydrogen-bond donors (Lipinski definition) is 1. The van der Waals surface area contributed by atoms with Crippen LogP contribution in [0, 0.1) is 6.92 Å². The largest absolute Gasteiger partial charge is 0.358 e. The molecular formula is C22H22N4. The molecule has 26 heavy (non-hydrogen) atoms. The number of para-hydroxylation sites is 1. The van der Waals surface area contributed by atoms with E-state index in [0.29, 0.717) is 0 Å². The molecule has 4 heteroatoms. The summed E-state index contributed by atoms with van der Waals surface area (Å²) in [5.41, 5.74) is 6.87. The molecule has 0 radical (unpaired) electrons. The normalized spacial score (nSPS) is 17.0. The predicted molar refractivity (Wildman–Crippen MR) is 107 cm³/mol. The van der Waals surface area contributed by atoms with Gasteiger partial charge in [-0.1, -0.05) is 48.0 Å². The van der Waals surface area contributed by atoms with Gasteiger partial charge in [0.1, 0.15) is 11.5 Å². The Hall–Kier alpha value is -2.88. The molecule has 3 heterocycles. The summed E-state index contributed by atoms with van der Waals surface area (Å²) >= 11 is 0. The molecule has 0 saturated carbocycles. The average Bonchev–Trinajstić information content (AvgIpc) is 3.27. The Labute approximate surface area is 153 Å². The van der Waals surface area contributed by atoms with Gasteiger partial charge in [0.2, 0.25) is 0 Å². The number of benzene rings is 2. The molecule has 5 rings (SSSR count). The molecular weight excluding hydrogens is 320 g/mol. The van der Waals surface area contributed by atoms with Gasteiger partial charge in [-0.2, -0.15) is 0 Å². The Bertz CT molecular complexity index is 1020. The minimum atomic E-state index is 0.832. The van der Waals surface area contributed by atoms with E-state index in [4.69, 9.17) is 5.10 Å². The van der Waals surface area contributed by atoms with E-state index in [1.54, 1.807) is 0 Å². The molecule has 4 nitrogen and oxygen atoms in total. The third-order valence-electron chi connectivity index (χ3n) is 5.45. The molecule has 0 spiro atoms. The maximum Gasteiger partial charge on any atom is 0.132 e. The molecule has 0 aliphatic carbocycles. The Morgan fingerprint density at radius 2 is 1.69 bits per heavy atom. The fraction of sp³-hybridized carbons (Fsp3) is 0.273. The summed E-state index contributed by atoms with van der Waals surface area (Å²) in [6.45, 7) is 4.29. The molecule has 1 N–H and O–H groups in total. The summed E-state index contributed by atoms with van der Waals surface area (Å²) in [4.78, 5) is 6.00. The van der Waals surface area contributed by atoms with Crippen molar-refractivity contribution in [3.8, 4) is 0 Å². The first-order chi connectivity index (χ1) is 12.8. The fourth-order valence-electron chi connectivity index (χ4n) is 4.00. The SMILES string of the molecule is Cc1ccc(C2=NN=C(N3CCCC3)Cc3c2[nH]c2ccccc32)cc1. The number of nitrogens with one attached hydrogen (secondary N) is 1. The van der Waals surface area contributed by atoms with Gasteiger partial charge < -0.3 is 9.88 Å². The Morgan fingerprint density at radius 3 is 2.50 bits per heavy atom. The van der Waals surface area contributed by atoms with Crippen LogP contribution in [-0.4, -0.2) is 34.5 Å². The van der Waals surface area contributed by atoms with Gasteiger partial charge in [0.05, 0.1) is 5.69 Å². The smallest absolute Gasteiger partial charge is 0.132 e. The lowest BCUT2D eigenvalue weighted by Crippen LogP contribution is -2.29. The summed E-state index contributed by atoms with van der Waals surface area (Å²) in [6.07, 6.45) is 3.32. The molecule has 130 valence electrons. The van der Waals surface area contributed by atoms with Gasteiger partial charge in [-0.15, -0.1) is 10.2 Å². The first kappa shape index (κ1) is 15.4. The van der Waals surface area contributed by atoms with E-state index in [2.05, 4.69) is 70.4 Å². The number of aromatic amines is 1. The third kappa shape index (κ3) is 2.53. The summed E-state index contributed by atoms with van der Waals surface area (Å²) < 4.78 is 0. The number of H-pyrrole nitrogens is 1. The van der Waals surface area contributed by atoms with E-state index >= 15 is 0 Å². The fourth-order valence-corrected chi connectivity index (χ4v) is 4.00. The second kappa shape index (κ2) is 6.13. The van der Waals surface area contributed by atoms with Crippen LogP contribution in [0.15, 0.2) is 58.7 Å². The van der Waals surface area contributed by atoms with Gasteiger partial charge in [-0.05, 0) is 31.4 Å². The summed E-state index contributed by atoms with van der Waals surface area (Å²) in [5, 5.41) is 10.7. The summed E-state index contributed by atoms with van der Waals surface area (Å²) in [6, 6.07) is 17.1. The number of fused-ring (bicyclic) bond motifs is 3. The molecule has 1 aromatic heterocycles. The Kier molecular flexibility index (Phi) is 3.63. The molecule has 1 saturated heterocycles. The minimum absolute atomic E-state index is 0.832. The highest BCUT2D eigenvalue weighted by Crippen LogP contribution is 2.28. The topological polar surface area (TPSA) is 43.8 Å². The Morgan fingerprint density at radius 1 is 0.923 bits per heavy atom. The van der Waals surface area contributed by atoms with Crippen molar-refractivity contribution in [3.63, 3.8) is 0 Å². The molecule has 2 aliphatic heterocycles. The number of amidine groups is 1. The predicted octanol–water partition coefficient (Wildman–Crippen LogP) is 4.28. The van der Waals surface area contributed by atoms with Crippen LogP contribution >= 0.6 is 0 Å². The van der Waals surface area contributed by atoms with Crippen molar-refractivity contribution in [2.75, 3.05) is 13.1 Å². The standard InChI is InChI=1S/C22H22N4/c1-15-8-10-16(11-9-15)21-22-18(17-6-2-3-7-19(17)23-22)14-20(24-25-21)26-12-4-5-13-26/h2-3,6-11,23H,4-5,12-14H2,1H3. The highest BCUT2D eigenvalue weighted by Gasteiger charge is 2.25. The Balaban J connectivity index is 1.70. The van der Waals surface area contributed by atoms with E-state index in [1.807, 2.05) is 0 Å². The summed E-state index contributed by atoms with van der Waals surface area (Å²) in [7, 11) is 0. The first-order valence-corrected chi connectivity index (χ1v) is 9.36. The number of likely N-dealkylation sites (tertiary alicyclic amines) is 1. The van der Waals surface area contributed by atoms with Gasteiger partial charge >= 0.3 is 0 Å². The van der Waals surface area contributed by atoms with E-state index < -0.39 is 0 Å². The lowest BCUT2D eigenvalue weighted by molar-refractivity contribution is 0.509. The van der Waals surface area contributed by atoms with Crippen LogP contribution in [0.3, 0.4) is 0 Å². The average molecular weight is 342 g/mol. The number of hydrogen-bond acceptors (Lipinski definition) is 3. The van der Waals surface area contributed by atoms with Crippen LogP contribution in [0.4, 0.5) is 0 Å². The van der Waals surface area contributed by atoms with Crippen LogP contribution in [0.25, 0.3) is 10.9 Å². The van der Waals surface area contributed by atoms with Gasteiger partial charge in [-0.3, -0.25) is 0 Å². The van der Waals surface area contributed by atoms with E-state index in [1.165, 1.54) is 34.9 Å². The van der Waals surface area contributed by atoms with Gasteiger partial charge in [-0.25, -0.2) is 0 Å². The molecule has 0 atom stereocenters. The van der Waals surface area contributed by atoms with Gasteiger partial charge in [0.15, 0.2) is 0 Å². The van der Waals surface area contributed by atoms with Crippen molar-refractivity contribution in [2.24, 2.45) is 10.2 Å². The molecule has 2 aliphatic rings. The van der Waals surface area contributed by atoms with Crippen molar-refractivity contribution in [2.45, 2.75) is 26.2 Å². The zero-order chi connectivity index (χ0) is 17.5. The van der Waals surface area contributed by atoms with Crippen molar-refractivity contribution in [1.29, 1.82) is 0 Å². The van der Waals surface area contributed by atoms with E-state index in [9.17, 15) is 0 Å². The number of aromatic nitrogens is 1. The number of rotatable bonds is 1. The second-order valence-corrected chi connectivity index (χ2v) is 7.23. The maximum atomic E-state index is 4.72. The van der Waals surface area contributed by atoms with Crippen molar-refractivity contribution >= 4 is 22.5 Å². The van der Waals surface area contributed by atoms with Crippen LogP contribution in [-0.2, 0) is 6.42 Å². The summed E-state index contributed by atoms with van der Waals surface area (Å²) in [5.74, 6) is 1.09. The number of nitrogens with zero attached hydrogens (tertiary/aromatic N) is 3. The van der Waals surface area contributed by atoms with Crippen molar-refractivity contribution < 1.29 is 0 Å². The third-order valence-corrected chi connectivity index (χ3v) is 5.45. The molecule has 0 amide bonds. The molecule has 2 aromatic carbocycles. The molecule has 0 unspecified atom stereocenters. The van der Waals surface area contributed by atoms with Crippen LogP contribution in [0.2, 0.25) is 0 Å². The molecule has 3 aromatic rings. The minimum Gasteiger partial charge on any atom is -0.358 e. The molecule has 1 fully saturated rings. The second-order valence-electron chi connectivity index (χ2n) is 7.23. The van der Waals surface area contributed by atoms with E-state index in [-0.39, 0.29) is 0 Å². The van der Waals surface area contributed by atoms with Crippen LogP contribution in [0.5, 0.6) is 0 Å². The highest BCUT2D eigenvalue weighted by atomic mass is 15.3. The number of aryl methyl sites for hydroxylation is 1. The van der Waals surface area contributed by atoms with Crippen molar-refractivity contribution in [3.05, 3.63) is 70.9 Å². The molecule has 0 bridgehead atoms. The highest BCUT2D eigenvalue weighted by molar-refractivity contribution is 6.16. The van der Waals surface area contributed by atoms with Crippen LogP contribution in [0.1, 0.15) is 35.2 Å². The van der Waals surface area contributed by atoms with Crippen LogP contribution < -0.4 is 0 Å². The lowest BCUT2D eigenvalue weighted by atomic mass is 10.00. The first-order valence-electron chi connectivity index (χ1n) is 9.36. The van der Waals surface area contributed by atoms with E-state index in [0.717, 1.165) is 42.3 Å².